The lowest BCUT2D eigenvalue weighted by molar-refractivity contribution is -0.161. The number of aliphatic hydroxyl groups excluding tert-OH is 1. The summed E-state index contributed by atoms with van der Waals surface area (Å²) in [5.41, 5.74) is 0. The van der Waals surface area contributed by atoms with Gasteiger partial charge in [-0.2, -0.15) is 0 Å². The highest BCUT2D eigenvalue weighted by Gasteiger charge is 2.30. The molecule has 0 saturated heterocycles. The van der Waals surface area contributed by atoms with E-state index in [1.54, 1.807) is 0 Å². The van der Waals surface area contributed by atoms with Gasteiger partial charge in [0.2, 0.25) is 0 Å². The summed E-state index contributed by atoms with van der Waals surface area (Å²) in [4.78, 5) is 72.5. The average Bonchev–Trinajstić information content (AvgIpc) is 3.71. The molecule has 0 radical (unpaired) electrons. The van der Waals surface area contributed by atoms with Crippen LogP contribution < -0.4 is 0 Å². The third kappa shape index (κ3) is 63.5. The van der Waals surface area contributed by atoms with Gasteiger partial charge < -0.3 is 33.8 Å². The van der Waals surface area contributed by atoms with Gasteiger partial charge in [-0.25, -0.2) is 9.13 Å². The highest BCUT2D eigenvalue weighted by Crippen LogP contribution is 2.45. The Kier molecular flexibility index (Phi) is 59.4. The second kappa shape index (κ2) is 60.7. The maximum absolute atomic E-state index is 13.0. The van der Waals surface area contributed by atoms with Crippen molar-refractivity contribution in [1.29, 1.82) is 0 Å². The molecule has 90 heavy (non-hydrogen) atoms. The van der Waals surface area contributed by atoms with Crippen LogP contribution in [0.1, 0.15) is 351 Å². The van der Waals surface area contributed by atoms with Crippen molar-refractivity contribution in [1.82, 2.24) is 0 Å². The van der Waals surface area contributed by atoms with Crippen LogP contribution in [0, 0.1) is 23.7 Å². The van der Waals surface area contributed by atoms with Crippen LogP contribution in [0.5, 0.6) is 0 Å². The summed E-state index contributed by atoms with van der Waals surface area (Å²) in [6.45, 7) is 14.1. The standard InChI is InChI=1S/C71H138O17P2/c1-9-64(8)50-42-34-28-30-36-44-52-69(74)82-58-67(88-71(76)54-46-38-29-27-33-41-49-63(6)7)60-86-90(79,80)84-56-65(72)55-83-89(77,78)85-59-66(87-70(75)53-45-37-26-22-18-14-13-16-20-24-32-40-48-62(4)5)57-81-68(73)51-43-35-25-21-17-12-10-11-15-19-23-31-39-47-61(2)3/h61-67,72H,9-60H2,1-8H3,(H,77,78)(H,79,80)/t64?,65-,66-,67-/m1/s1. The normalized spacial score (nSPS) is 14.6. The fourth-order valence-electron chi connectivity index (χ4n) is 10.6. The van der Waals surface area contributed by atoms with Crippen molar-refractivity contribution in [3.05, 3.63) is 0 Å². The summed E-state index contributed by atoms with van der Waals surface area (Å²) in [5.74, 6) is 0.835. The minimum atomic E-state index is -4.95. The van der Waals surface area contributed by atoms with E-state index >= 15 is 0 Å². The molecule has 3 N–H and O–H groups in total. The van der Waals surface area contributed by atoms with Gasteiger partial charge >= 0.3 is 39.5 Å². The molecule has 534 valence electrons. The Morgan fingerprint density at radius 3 is 0.789 bits per heavy atom. The van der Waals surface area contributed by atoms with Gasteiger partial charge in [0.05, 0.1) is 26.4 Å². The van der Waals surface area contributed by atoms with Crippen molar-refractivity contribution >= 4 is 39.5 Å². The maximum atomic E-state index is 13.0. The summed E-state index contributed by atoms with van der Waals surface area (Å²) >= 11 is 0. The van der Waals surface area contributed by atoms with E-state index in [0.717, 1.165) is 114 Å². The minimum Gasteiger partial charge on any atom is -0.462 e. The molecule has 19 heteroatoms. The average molecular weight is 1330 g/mol. The van der Waals surface area contributed by atoms with Crippen LogP contribution in [0.25, 0.3) is 0 Å². The number of carbonyl (C=O) groups is 4. The molecule has 3 unspecified atom stereocenters. The number of esters is 4. The number of phosphoric ester groups is 2. The third-order valence-electron chi connectivity index (χ3n) is 16.7. The van der Waals surface area contributed by atoms with Crippen molar-refractivity contribution in [3.63, 3.8) is 0 Å². The lowest BCUT2D eigenvalue weighted by Crippen LogP contribution is -2.30. The molecule has 0 spiro atoms. The van der Waals surface area contributed by atoms with Crippen molar-refractivity contribution in [2.45, 2.75) is 369 Å². The Bertz CT molecular complexity index is 1780. The van der Waals surface area contributed by atoms with Gasteiger partial charge in [0, 0.05) is 25.7 Å². The van der Waals surface area contributed by atoms with Gasteiger partial charge in [0.15, 0.2) is 12.2 Å². The van der Waals surface area contributed by atoms with Crippen molar-refractivity contribution in [3.8, 4) is 0 Å². The molecule has 0 aromatic heterocycles. The Balaban J connectivity index is 5.23. The smallest absolute Gasteiger partial charge is 0.462 e. The van der Waals surface area contributed by atoms with Crippen LogP contribution in [0.15, 0.2) is 0 Å². The summed E-state index contributed by atoms with van der Waals surface area (Å²) < 4.78 is 68.3. The van der Waals surface area contributed by atoms with Gasteiger partial charge in [0.1, 0.15) is 19.3 Å². The SMILES string of the molecule is CCC(C)CCCCCCCCC(=O)OC[C@H](COP(=O)(O)OC[C@H](O)COP(=O)(O)OC[C@@H](COC(=O)CCCCCCCCCCCCCCCC(C)C)OC(=O)CCCCCCCCCCCCCCC(C)C)OC(=O)CCCCCCCCC(C)C. The molecule has 0 bridgehead atoms. The zero-order valence-electron chi connectivity index (χ0n) is 58.8. The van der Waals surface area contributed by atoms with E-state index in [2.05, 4.69) is 55.4 Å². The van der Waals surface area contributed by atoms with Crippen LogP contribution >= 0.6 is 15.6 Å². The molecule has 0 aliphatic carbocycles. The van der Waals surface area contributed by atoms with Crippen LogP contribution in [0.4, 0.5) is 0 Å². The predicted molar refractivity (Wildman–Crippen MR) is 363 cm³/mol. The second-order valence-electron chi connectivity index (χ2n) is 27.3. The minimum absolute atomic E-state index is 0.101. The molecule has 0 aliphatic rings. The molecular formula is C71H138O17P2. The van der Waals surface area contributed by atoms with E-state index in [0.29, 0.717) is 31.6 Å². The van der Waals surface area contributed by atoms with E-state index in [9.17, 15) is 43.2 Å². The molecule has 0 heterocycles. The van der Waals surface area contributed by atoms with Crippen molar-refractivity contribution in [2.24, 2.45) is 23.7 Å². The fraction of sp³-hybridized carbons (Fsp3) is 0.944. The van der Waals surface area contributed by atoms with E-state index in [1.807, 2.05) is 0 Å². The van der Waals surface area contributed by atoms with Gasteiger partial charge in [-0.1, -0.05) is 299 Å². The summed E-state index contributed by atoms with van der Waals surface area (Å²) in [7, 11) is -9.90. The maximum Gasteiger partial charge on any atom is 0.472 e. The Labute approximate surface area is 549 Å². The zero-order chi connectivity index (χ0) is 66.8. The van der Waals surface area contributed by atoms with Gasteiger partial charge in [0.25, 0.3) is 0 Å². The number of hydrogen-bond acceptors (Lipinski definition) is 15. The van der Waals surface area contributed by atoms with Crippen molar-refractivity contribution < 1.29 is 80.2 Å². The molecule has 0 amide bonds. The summed E-state index contributed by atoms with van der Waals surface area (Å²) in [5, 5.41) is 10.6. The van der Waals surface area contributed by atoms with E-state index in [4.69, 9.17) is 37.0 Å². The molecular weight excluding hydrogens is 1190 g/mol. The van der Waals surface area contributed by atoms with Crippen molar-refractivity contribution in [2.75, 3.05) is 39.6 Å². The summed E-state index contributed by atoms with van der Waals surface area (Å²) in [6.07, 6.45) is 43.3. The third-order valence-corrected chi connectivity index (χ3v) is 18.6. The first-order valence-electron chi connectivity index (χ1n) is 36.7. The highest BCUT2D eigenvalue weighted by atomic mass is 31.2. The van der Waals surface area contributed by atoms with Gasteiger partial charge in [-0.15, -0.1) is 0 Å². The number of hydrogen-bond donors (Lipinski definition) is 3. The predicted octanol–water partition coefficient (Wildman–Crippen LogP) is 20.1. The van der Waals surface area contributed by atoms with Gasteiger partial charge in [-0.3, -0.25) is 37.3 Å². The fourth-order valence-corrected chi connectivity index (χ4v) is 12.2. The van der Waals surface area contributed by atoms with Crippen LogP contribution in [-0.2, 0) is 65.4 Å². The van der Waals surface area contributed by atoms with E-state index in [-0.39, 0.29) is 25.7 Å². The quantitative estimate of drug-likeness (QED) is 0.0222. The number of ether oxygens (including phenoxy) is 4. The van der Waals surface area contributed by atoms with E-state index in [1.165, 1.54) is 148 Å². The Morgan fingerprint density at radius 2 is 0.533 bits per heavy atom. The molecule has 6 atom stereocenters. The van der Waals surface area contributed by atoms with Crippen LogP contribution in [0.3, 0.4) is 0 Å². The molecule has 0 aliphatic heterocycles. The first kappa shape index (κ1) is 88.1. The number of phosphoric acid groups is 2. The largest absolute Gasteiger partial charge is 0.472 e. The number of aliphatic hydroxyl groups is 1. The number of carbonyl (C=O) groups excluding carboxylic acids is 4. The molecule has 0 aromatic carbocycles. The van der Waals surface area contributed by atoms with Crippen LogP contribution in [-0.4, -0.2) is 96.7 Å². The Hall–Kier alpha value is -1.94. The van der Waals surface area contributed by atoms with E-state index < -0.39 is 97.5 Å². The van der Waals surface area contributed by atoms with Gasteiger partial charge in [-0.05, 0) is 49.4 Å². The first-order chi connectivity index (χ1) is 43.1. The second-order valence-corrected chi connectivity index (χ2v) is 30.2. The zero-order valence-corrected chi connectivity index (χ0v) is 60.6. The molecule has 0 rings (SSSR count). The summed E-state index contributed by atoms with van der Waals surface area (Å²) in [6, 6.07) is 0. The first-order valence-corrected chi connectivity index (χ1v) is 39.7. The molecule has 0 saturated carbocycles. The monoisotopic (exact) mass is 1320 g/mol. The molecule has 0 fully saturated rings. The lowest BCUT2D eigenvalue weighted by Gasteiger charge is -2.21. The molecule has 17 nitrogen and oxygen atoms in total. The van der Waals surface area contributed by atoms with Crippen LogP contribution in [0.2, 0.25) is 0 Å². The highest BCUT2D eigenvalue weighted by molar-refractivity contribution is 7.47. The number of unbranched alkanes of at least 4 members (excludes halogenated alkanes) is 33. The molecule has 0 aromatic rings. The number of rotatable bonds is 68. The lowest BCUT2D eigenvalue weighted by atomic mass is 10.00. The Morgan fingerprint density at radius 1 is 0.311 bits per heavy atom. The topological polar surface area (TPSA) is 237 Å².